The lowest BCUT2D eigenvalue weighted by atomic mass is 10.2. The number of non-ortho nitro benzene ring substituents is 1. The summed E-state index contributed by atoms with van der Waals surface area (Å²) in [7, 11) is 1.79. The molecule has 0 N–H and O–H groups in total. The van der Waals surface area contributed by atoms with Gasteiger partial charge in [-0.2, -0.15) is 0 Å². The molecule has 0 radical (unpaired) electrons. The number of thioether (sulfide) groups is 1. The molecule has 1 aliphatic rings. The van der Waals surface area contributed by atoms with Crippen molar-refractivity contribution < 1.29 is 14.5 Å². The van der Waals surface area contributed by atoms with Crippen molar-refractivity contribution in [2.24, 2.45) is 0 Å². The van der Waals surface area contributed by atoms with Crippen molar-refractivity contribution in [1.82, 2.24) is 4.90 Å². The summed E-state index contributed by atoms with van der Waals surface area (Å²) in [4.78, 5) is 27.9. The number of likely N-dealkylation sites (N-methyl/N-ethyl adjacent to an activating group) is 2. The maximum absolute atomic E-state index is 12.8. The number of anilines is 1. The molecule has 154 valence electrons. The van der Waals surface area contributed by atoms with Gasteiger partial charge in [0.1, 0.15) is 11.9 Å². The number of benzene rings is 2. The van der Waals surface area contributed by atoms with E-state index in [4.69, 9.17) is 4.74 Å². The summed E-state index contributed by atoms with van der Waals surface area (Å²) in [5, 5.41) is 10.5. The Hall–Kier alpha value is -2.74. The van der Waals surface area contributed by atoms with Crippen molar-refractivity contribution >= 4 is 29.0 Å². The van der Waals surface area contributed by atoms with Crippen LogP contribution in [-0.2, 0) is 4.79 Å². The highest BCUT2D eigenvalue weighted by molar-refractivity contribution is 8.00. The molecule has 0 bridgehead atoms. The lowest BCUT2D eigenvalue weighted by molar-refractivity contribution is -0.384. The van der Waals surface area contributed by atoms with Crippen LogP contribution >= 0.6 is 11.8 Å². The Balaban J connectivity index is 1.59. The van der Waals surface area contributed by atoms with E-state index in [1.54, 1.807) is 24.1 Å². The molecule has 7 nitrogen and oxygen atoms in total. The van der Waals surface area contributed by atoms with E-state index in [0.29, 0.717) is 6.54 Å². The number of carbonyl (C=O) groups excluding carboxylic acids is 1. The van der Waals surface area contributed by atoms with Gasteiger partial charge in [0.15, 0.2) is 0 Å². The predicted octanol–water partition coefficient (Wildman–Crippen LogP) is 3.82. The van der Waals surface area contributed by atoms with Crippen LogP contribution in [0.5, 0.6) is 5.75 Å². The van der Waals surface area contributed by atoms with Gasteiger partial charge in [-0.05, 0) is 38.1 Å². The Morgan fingerprint density at radius 3 is 2.66 bits per heavy atom. The Morgan fingerprint density at radius 1 is 1.31 bits per heavy atom. The van der Waals surface area contributed by atoms with Gasteiger partial charge < -0.3 is 14.5 Å². The van der Waals surface area contributed by atoms with Crippen LogP contribution in [0.1, 0.15) is 13.8 Å². The number of nitro groups is 1. The van der Waals surface area contributed by atoms with Gasteiger partial charge in [0, 0.05) is 30.6 Å². The van der Waals surface area contributed by atoms with Crippen molar-refractivity contribution in [3.63, 3.8) is 0 Å². The minimum Gasteiger partial charge on any atom is -0.485 e. The zero-order chi connectivity index (χ0) is 21.0. The minimum absolute atomic E-state index is 0.00106. The predicted molar refractivity (Wildman–Crippen MR) is 115 cm³/mol. The quantitative estimate of drug-likeness (QED) is 0.389. The second kappa shape index (κ2) is 9.17. The van der Waals surface area contributed by atoms with Crippen LogP contribution in [0, 0.1) is 10.1 Å². The number of ether oxygens (including phenoxy) is 1. The maximum Gasteiger partial charge on any atom is 0.269 e. The highest BCUT2D eigenvalue weighted by Crippen LogP contribution is 2.33. The van der Waals surface area contributed by atoms with Gasteiger partial charge in [0.25, 0.3) is 5.69 Å². The summed E-state index contributed by atoms with van der Waals surface area (Å²) in [6.45, 7) is 6.06. The number of fused-ring (bicyclic) bond motifs is 1. The van der Waals surface area contributed by atoms with Crippen LogP contribution in [0.25, 0.3) is 0 Å². The van der Waals surface area contributed by atoms with Gasteiger partial charge in [-0.25, -0.2) is 0 Å². The van der Waals surface area contributed by atoms with Gasteiger partial charge in [-0.15, -0.1) is 11.8 Å². The van der Waals surface area contributed by atoms with E-state index in [2.05, 4.69) is 11.8 Å². The number of nitro benzene ring substituents is 1. The monoisotopic (exact) mass is 415 g/mol. The van der Waals surface area contributed by atoms with Crippen LogP contribution in [0.3, 0.4) is 0 Å². The fraction of sp³-hybridized carbons (Fsp3) is 0.381. The fourth-order valence-electron chi connectivity index (χ4n) is 3.38. The first-order valence-corrected chi connectivity index (χ1v) is 10.4. The maximum atomic E-state index is 12.8. The zero-order valence-corrected chi connectivity index (χ0v) is 17.6. The van der Waals surface area contributed by atoms with Gasteiger partial charge >= 0.3 is 0 Å². The number of nitrogens with zero attached hydrogens (tertiary/aromatic N) is 3. The van der Waals surface area contributed by atoms with E-state index < -0.39 is 4.92 Å². The van der Waals surface area contributed by atoms with Crippen molar-refractivity contribution in [3.8, 4) is 5.75 Å². The smallest absolute Gasteiger partial charge is 0.269 e. The summed E-state index contributed by atoms with van der Waals surface area (Å²) >= 11 is 1.39. The molecule has 1 amide bonds. The number of hydrogen-bond acceptors (Lipinski definition) is 6. The van der Waals surface area contributed by atoms with Crippen LogP contribution in [0.4, 0.5) is 11.4 Å². The largest absolute Gasteiger partial charge is 0.485 e. The summed E-state index contributed by atoms with van der Waals surface area (Å²) in [6, 6.07) is 14.2. The van der Waals surface area contributed by atoms with Crippen molar-refractivity contribution in [2.75, 3.05) is 31.6 Å². The van der Waals surface area contributed by atoms with Gasteiger partial charge in [0.2, 0.25) is 5.91 Å². The number of para-hydroxylation sites is 2. The molecule has 2 aromatic carbocycles. The molecule has 0 saturated heterocycles. The topological polar surface area (TPSA) is 75.9 Å². The first-order valence-electron chi connectivity index (χ1n) is 9.55. The minimum atomic E-state index is -0.432. The third-order valence-corrected chi connectivity index (χ3v) is 5.97. The average Bonchev–Trinajstić information content (AvgIpc) is 2.72. The molecule has 2 atom stereocenters. The Labute approximate surface area is 174 Å². The second-order valence-electron chi connectivity index (χ2n) is 6.98. The molecular formula is C21H25N3O4S. The number of hydrogen-bond donors (Lipinski definition) is 0. The van der Waals surface area contributed by atoms with Gasteiger partial charge in [0.05, 0.1) is 29.0 Å². The number of amides is 1. The highest BCUT2D eigenvalue weighted by atomic mass is 32.2. The lowest BCUT2D eigenvalue weighted by Crippen LogP contribution is -2.48. The first kappa shape index (κ1) is 21.0. The third kappa shape index (κ3) is 5.00. The molecule has 0 spiro atoms. The van der Waals surface area contributed by atoms with Gasteiger partial charge in [-0.1, -0.05) is 12.1 Å². The molecule has 29 heavy (non-hydrogen) atoms. The summed E-state index contributed by atoms with van der Waals surface area (Å²) in [5.74, 6) is 0.846. The van der Waals surface area contributed by atoms with Gasteiger partial charge in [-0.3, -0.25) is 14.9 Å². The average molecular weight is 416 g/mol. The van der Waals surface area contributed by atoms with Crippen LogP contribution in [0.15, 0.2) is 53.4 Å². The molecule has 2 aromatic rings. The zero-order valence-electron chi connectivity index (χ0n) is 16.8. The lowest BCUT2D eigenvalue weighted by Gasteiger charge is -2.37. The van der Waals surface area contributed by atoms with E-state index in [1.807, 2.05) is 31.2 Å². The summed E-state index contributed by atoms with van der Waals surface area (Å²) in [6.07, 6.45) is -0.102. The Bertz CT molecular complexity index is 874. The molecule has 1 heterocycles. The molecule has 0 saturated carbocycles. The molecule has 8 heteroatoms. The second-order valence-corrected chi connectivity index (χ2v) is 8.39. The molecule has 0 fully saturated rings. The Kier molecular flexibility index (Phi) is 6.64. The normalized spacial score (nSPS) is 16.5. The van der Waals surface area contributed by atoms with E-state index >= 15 is 0 Å². The molecule has 0 aliphatic carbocycles. The van der Waals surface area contributed by atoms with E-state index in [1.165, 1.54) is 23.9 Å². The standard InChI is InChI=1S/C21H25N3O4S/c1-4-23-14-17(28-20-8-6-5-7-19(20)23)13-22(3)21(25)15(2)29-18-11-9-16(10-12-18)24(26)27/h5-12,15,17H,4,13-14H2,1-3H3/t15-,17+/m1/s1. The van der Waals surface area contributed by atoms with E-state index in [9.17, 15) is 14.9 Å². The molecule has 0 aromatic heterocycles. The molecule has 1 aliphatic heterocycles. The third-order valence-electron chi connectivity index (χ3n) is 4.87. The summed E-state index contributed by atoms with van der Waals surface area (Å²) in [5.41, 5.74) is 1.13. The fourth-order valence-corrected chi connectivity index (χ4v) is 4.36. The molecule has 3 rings (SSSR count). The van der Waals surface area contributed by atoms with Crippen molar-refractivity contribution in [2.45, 2.75) is 30.1 Å². The Morgan fingerprint density at radius 2 is 2.00 bits per heavy atom. The van der Waals surface area contributed by atoms with Crippen LogP contribution in [-0.4, -0.2) is 53.8 Å². The van der Waals surface area contributed by atoms with Crippen molar-refractivity contribution in [1.29, 1.82) is 0 Å². The number of carbonyl (C=O) groups is 1. The van der Waals surface area contributed by atoms with Crippen LogP contribution < -0.4 is 9.64 Å². The first-order chi connectivity index (χ1) is 13.9. The molecular weight excluding hydrogens is 390 g/mol. The number of rotatable bonds is 7. The van der Waals surface area contributed by atoms with E-state index in [0.717, 1.165) is 29.4 Å². The van der Waals surface area contributed by atoms with Crippen LogP contribution in [0.2, 0.25) is 0 Å². The molecule has 0 unspecified atom stereocenters. The summed E-state index contributed by atoms with van der Waals surface area (Å²) < 4.78 is 6.11. The highest BCUT2D eigenvalue weighted by Gasteiger charge is 2.28. The van der Waals surface area contributed by atoms with E-state index in [-0.39, 0.29) is 22.9 Å². The SMILES string of the molecule is CCN1C[C@H](CN(C)C(=O)[C@@H](C)Sc2ccc([N+](=O)[O-])cc2)Oc2ccccc21. The van der Waals surface area contributed by atoms with Crippen molar-refractivity contribution in [3.05, 3.63) is 58.6 Å².